The van der Waals surface area contributed by atoms with Crippen LogP contribution >= 0.6 is 0 Å². The largest absolute Gasteiger partial charge is 0.266 e. The van der Waals surface area contributed by atoms with E-state index in [2.05, 4.69) is 4.98 Å². The molecule has 0 spiro atoms. The van der Waals surface area contributed by atoms with Crippen molar-refractivity contribution >= 4 is 10.0 Å². The molecule has 0 aliphatic heterocycles. The zero-order valence-electron chi connectivity index (χ0n) is 8.11. The second kappa shape index (κ2) is 4.11. The van der Waals surface area contributed by atoms with Crippen LogP contribution in [-0.4, -0.2) is 13.4 Å². The highest BCUT2D eigenvalue weighted by Gasteiger charge is 2.23. The molecule has 1 aromatic rings. The number of nitrogens with two attached hydrogens (primary N) is 1. The van der Waals surface area contributed by atoms with Gasteiger partial charge in [-0.05, 0) is 12.5 Å². The summed E-state index contributed by atoms with van der Waals surface area (Å²) in [4.78, 5) is 2.85. The third-order valence-corrected chi connectivity index (χ3v) is 2.99. The van der Waals surface area contributed by atoms with Gasteiger partial charge in [0, 0.05) is 6.20 Å². The summed E-state index contributed by atoms with van der Waals surface area (Å²) in [5, 5.41) is 13.4. The van der Waals surface area contributed by atoms with Crippen molar-refractivity contribution in [3.63, 3.8) is 0 Å². The third kappa shape index (κ3) is 2.15. The molecule has 2 N–H and O–H groups in total. The fourth-order valence-corrected chi connectivity index (χ4v) is 1.98. The standard InChI is InChI=1S/C8H7F2N3O2S/c1-4-6(16(12,14)15)3-13-5(2-11)7(4)8(9)10/h3,8H,1H3,(H2,12,14,15). The first-order chi connectivity index (χ1) is 7.29. The zero-order chi connectivity index (χ0) is 12.5. The van der Waals surface area contributed by atoms with Crippen LogP contribution in [0.5, 0.6) is 0 Å². The first kappa shape index (κ1) is 12.5. The number of aromatic nitrogens is 1. The first-order valence-electron chi connectivity index (χ1n) is 3.99. The summed E-state index contributed by atoms with van der Waals surface area (Å²) in [6, 6.07) is 1.47. The van der Waals surface area contributed by atoms with Crippen molar-refractivity contribution in [2.24, 2.45) is 5.14 Å². The molecule has 16 heavy (non-hydrogen) atoms. The number of primary sulfonamides is 1. The number of nitriles is 1. The Morgan fingerprint density at radius 2 is 2.12 bits per heavy atom. The predicted octanol–water partition coefficient (Wildman–Crippen LogP) is 0.847. The number of rotatable bonds is 2. The highest BCUT2D eigenvalue weighted by molar-refractivity contribution is 7.89. The highest BCUT2D eigenvalue weighted by Crippen LogP contribution is 2.28. The summed E-state index contributed by atoms with van der Waals surface area (Å²) in [7, 11) is -4.12. The number of sulfonamides is 1. The van der Waals surface area contributed by atoms with Gasteiger partial charge in [0.05, 0.1) is 5.56 Å². The number of hydrogen-bond donors (Lipinski definition) is 1. The second-order valence-corrected chi connectivity index (χ2v) is 4.50. The van der Waals surface area contributed by atoms with Crippen molar-refractivity contribution < 1.29 is 17.2 Å². The van der Waals surface area contributed by atoms with E-state index in [-0.39, 0.29) is 5.56 Å². The third-order valence-electron chi connectivity index (χ3n) is 1.97. The lowest BCUT2D eigenvalue weighted by molar-refractivity contribution is 0.149. The van der Waals surface area contributed by atoms with Crippen LogP contribution in [0.4, 0.5) is 8.78 Å². The van der Waals surface area contributed by atoms with E-state index >= 15 is 0 Å². The molecule has 0 saturated heterocycles. The van der Waals surface area contributed by atoms with Gasteiger partial charge < -0.3 is 0 Å². The van der Waals surface area contributed by atoms with E-state index in [1.807, 2.05) is 0 Å². The molecule has 0 atom stereocenters. The Labute approximate surface area is 90.6 Å². The number of nitrogens with zero attached hydrogens (tertiary/aromatic N) is 2. The number of alkyl halides is 2. The second-order valence-electron chi connectivity index (χ2n) is 2.97. The Morgan fingerprint density at radius 3 is 2.50 bits per heavy atom. The maximum absolute atomic E-state index is 12.6. The van der Waals surface area contributed by atoms with Crippen molar-refractivity contribution in [1.82, 2.24) is 4.98 Å². The lowest BCUT2D eigenvalue weighted by Crippen LogP contribution is -2.16. The van der Waals surface area contributed by atoms with E-state index in [0.29, 0.717) is 0 Å². The molecule has 0 fully saturated rings. The summed E-state index contributed by atoms with van der Waals surface area (Å²) in [5.74, 6) is 0. The van der Waals surface area contributed by atoms with E-state index in [4.69, 9.17) is 10.4 Å². The van der Waals surface area contributed by atoms with Crippen LogP contribution < -0.4 is 5.14 Å². The zero-order valence-corrected chi connectivity index (χ0v) is 8.92. The molecule has 1 heterocycles. The molecule has 86 valence electrons. The fraction of sp³-hybridized carbons (Fsp3) is 0.250. The van der Waals surface area contributed by atoms with Gasteiger partial charge in [0.2, 0.25) is 10.0 Å². The van der Waals surface area contributed by atoms with Crippen LogP contribution in [0.15, 0.2) is 11.1 Å². The maximum atomic E-state index is 12.6. The maximum Gasteiger partial charge on any atom is 0.266 e. The molecule has 0 radical (unpaired) electrons. The van der Waals surface area contributed by atoms with Crippen LogP contribution in [-0.2, 0) is 10.0 Å². The Bertz CT molecular complexity index is 563. The van der Waals surface area contributed by atoms with Gasteiger partial charge in [0.15, 0.2) is 0 Å². The minimum absolute atomic E-state index is 0.246. The van der Waals surface area contributed by atoms with Crippen molar-refractivity contribution in [3.05, 3.63) is 23.0 Å². The molecule has 1 aromatic heterocycles. The molecular weight excluding hydrogens is 240 g/mol. The van der Waals surface area contributed by atoms with Crippen LogP contribution in [0, 0.1) is 18.3 Å². The molecular formula is C8H7F2N3O2S. The smallest absolute Gasteiger partial charge is 0.244 e. The molecule has 1 rings (SSSR count). The first-order valence-corrected chi connectivity index (χ1v) is 5.54. The van der Waals surface area contributed by atoms with Crippen molar-refractivity contribution in [3.8, 4) is 6.07 Å². The topological polar surface area (TPSA) is 96.8 Å². The average molecular weight is 247 g/mol. The van der Waals surface area contributed by atoms with Crippen LogP contribution in [0.2, 0.25) is 0 Å². The molecule has 0 saturated carbocycles. The minimum atomic E-state index is -4.12. The SMILES string of the molecule is Cc1c(S(N)(=O)=O)cnc(C#N)c1C(F)F. The van der Waals surface area contributed by atoms with E-state index in [1.54, 1.807) is 0 Å². The van der Waals surface area contributed by atoms with Crippen molar-refractivity contribution in [1.29, 1.82) is 5.26 Å². The van der Waals surface area contributed by atoms with Crippen molar-refractivity contribution in [2.45, 2.75) is 18.2 Å². The normalized spacial score (nSPS) is 11.5. The predicted molar refractivity (Wildman–Crippen MR) is 50.0 cm³/mol. The Kier molecular flexibility index (Phi) is 3.21. The molecule has 0 aliphatic rings. The van der Waals surface area contributed by atoms with Crippen LogP contribution in [0.1, 0.15) is 23.2 Å². The van der Waals surface area contributed by atoms with Gasteiger partial charge in [0.25, 0.3) is 6.43 Å². The van der Waals surface area contributed by atoms with E-state index < -0.39 is 32.6 Å². The van der Waals surface area contributed by atoms with Crippen LogP contribution in [0.25, 0.3) is 0 Å². The van der Waals surface area contributed by atoms with Gasteiger partial charge in [-0.25, -0.2) is 27.3 Å². The summed E-state index contributed by atoms with van der Waals surface area (Å²) < 4.78 is 47.3. The van der Waals surface area contributed by atoms with Gasteiger partial charge in [-0.2, -0.15) is 5.26 Å². The Morgan fingerprint density at radius 1 is 1.56 bits per heavy atom. The van der Waals surface area contributed by atoms with Gasteiger partial charge in [-0.15, -0.1) is 0 Å². The summed E-state index contributed by atoms with van der Waals surface area (Å²) in [6.45, 7) is 1.16. The summed E-state index contributed by atoms with van der Waals surface area (Å²) in [5.41, 5.74) is -1.45. The Balaban J connectivity index is 3.65. The van der Waals surface area contributed by atoms with Crippen LogP contribution in [0.3, 0.4) is 0 Å². The highest BCUT2D eigenvalue weighted by atomic mass is 32.2. The monoisotopic (exact) mass is 247 g/mol. The fourth-order valence-electron chi connectivity index (χ4n) is 1.24. The molecule has 8 heteroatoms. The van der Waals surface area contributed by atoms with Gasteiger partial charge in [-0.1, -0.05) is 0 Å². The number of halogens is 2. The lowest BCUT2D eigenvalue weighted by atomic mass is 10.1. The van der Waals surface area contributed by atoms with E-state index in [1.165, 1.54) is 6.07 Å². The lowest BCUT2D eigenvalue weighted by Gasteiger charge is -2.09. The number of pyridine rings is 1. The summed E-state index contributed by atoms with van der Waals surface area (Å²) >= 11 is 0. The average Bonchev–Trinajstić information content (AvgIpc) is 2.14. The molecule has 0 aliphatic carbocycles. The van der Waals surface area contributed by atoms with Crippen molar-refractivity contribution in [2.75, 3.05) is 0 Å². The van der Waals surface area contributed by atoms with Gasteiger partial charge >= 0.3 is 0 Å². The Hall–Kier alpha value is -1.59. The van der Waals surface area contributed by atoms with Gasteiger partial charge in [-0.3, -0.25) is 0 Å². The molecule has 0 bridgehead atoms. The van der Waals surface area contributed by atoms with Gasteiger partial charge in [0.1, 0.15) is 16.7 Å². The number of hydrogen-bond acceptors (Lipinski definition) is 4. The molecule has 0 amide bonds. The van der Waals surface area contributed by atoms with E-state index in [0.717, 1.165) is 13.1 Å². The molecule has 5 nitrogen and oxygen atoms in total. The summed E-state index contributed by atoms with van der Waals surface area (Å²) in [6.07, 6.45) is -2.18. The van der Waals surface area contributed by atoms with E-state index in [9.17, 15) is 17.2 Å². The molecule has 0 aromatic carbocycles. The molecule has 0 unspecified atom stereocenters. The minimum Gasteiger partial charge on any atom is -0.244 e. The quantitative estimate of drug-likeness (QED) is 0.837.